The summed E-state index contributed by atoms with van der Waals surface area (Å²) in [6, 6.07) is 8.37. The van der Waals surface area contributed by atoms with Gasteiger partial charge in [-0.25, -0.2) is 0 Å². The van der Waals surface area contributed by atoms with E-state index >= 15 is 0 Å². The first-order valence-corrected chi connectivity index (χ1v) is 8.02. The lowest BCUT2D eigenvalue weighted by Gasteiger charge is -2.29. The topological polar surface area (TPSA) is 50.8 Å². The zero-order valence-electron chi connectivity index (χ0n) is 13.1. The van der Waals surface area contributed by atoms with E-state index < -0.39 is 0 Å². The summed E-state index contributed by atoms with van der Waals surface area (Å²) in [6.07, 6.45) is 2.59. The number of rotatable bonds is 4. The highest BCUT2D eigenvalue weighted by Gasteiger charge is 2.31. The smallest absolute Gasteiger partial charge is 0.224 e. The average molecular weight is 304 g/mol. The molecule has 1 aromatic rings. The van der Waals surface area contributed by atoms with Crippen LogP contribution >= 0.6 is 0 Å². The fourth-order valence-electron chi connectivity index (χ4n) is 3.34. The summed E-state index contributed by atoms with van der Waals surface area (Å²) in [7, 11) is 1.67. The number of likely N-dealkylation sites (tertiary alicyclic amines) is 1. The number of nitrogens with one attached hydrogen (secondary N) is 1. The molecule has 0 aromatic heterocycles. The van der Waals surface area contributed by atoms with Crippen LogP contribution in [0.5, 0.6) is 5.75 Å². The van der Waals surface area contributed by atoms with Crippen molar-refractivity contribution in [3.63, 3.8) is 0 Å². The number of hydrogen-bond acceptors (Lipinski definition) is 4. The Kier molecular flexibility index (Phi) is 4.95. The molecule has 3 rings (SSSR count). The van der Waals surface area contributed by atoms with Crippen LogP contribution in [0.2, 0.25) is 0 Å². The van der Waals surface area contributed by atoms with E-state index in [-0.39, 0.29) is 18.0 Å². The molecule has 1 aromatic carbocycles. The maximum Gasteiger partial charge on any atom is 0.224 e. The van der Waals surface area contributed by atoms with Crippen LogP contribution < -0.4 is 10.1 Å². The highest BCUT2D eigenvalue weighted by molar-refractivity contribution is 5.77. The van der Waals surface area contributed by atoms with Crippen molar-refractivity contribution in [3.05, 3.63) is 29.8 Å². The third-order valence-corrected chi connectivity index (χ3v) is 4.47. The number of hydrogen-bond donors (Lipinski definition) is 1. The van der Waals surface area contributed by atoms with Gasteiger partial charge in [0.05, 0.1) is 26.4 Å². The molecule has 5 nitrogen and oxygen atoms in total. The van der Waals surface area contributed by atoms with Crippen LogP contribution in [-0.2, 0) is 9.53 Å². The van der Waals surface area contributed by atoms with Gasteiger partial charge in [0.25, 0.3) is 0 Å². The van der Waals surface area contributed by atoms with Gasteiger partial charge in [-0.15, -0.1) is 0 Å². The van der Waals surface area contributed by atoms with Gasteiger partial charge >= 0.3 is 0 Å². The molecule has 2 aliphatic heterocycles. The molecule has 2 atom stereocenters. The molecule has 1 N–H and O–H groups in total. The lowest BCUT2D eigenvalue weighted by Crippen LogP contribution is -2.45. The lowest BCUT2D eigenvalue weighted by atomic mass is 10.0. The molecule has 0 bridgehead atoms. The van der Waals surface area contributed by atoms with Gasteiger partial charge in [-0.3, -0.25) is 4.79 Å². The fourth-order valence-corrected chi connectivity index (χ4v) is 3.34. The Morgan fingerprint density at radius 3 is 3.18 bits per heavy atom. The second-order valence-electron chi connectivity index (χ2n) is 5.95. The first-order chi connectivity index (χ1) is 10.8. The minimum Gasteiger partial charge on any atom is -0.497 e. The van der Waals surface area contributed by atoms with E-state index in [1.54, 1.807) is 7.11 Å². The van der Waals surface area contributed by atoms with Crippen LogP contribution in [0, 0.1) is 0 Å². The Balaban J connectivity index is 1.67. The quantitative estimate of drug-likeness (QED) is 0.920. The van der Waals surface area contributed by atoms with Crippen LogP contribution in [0.1, 0.15) is 30.9 Å². The Morgan fingerprint density at radius 1 is 1.50 bits per heavy atom. The molecule has 2 aliphatic rings. The zero-order chi connectivity index (χ0) is 15.4. The van der Waals surface area contributed by atoms with Crippen molar-refractivity contribution in [2.45, 2.75) is 31.3 Å². The summed E-state index contributed by atoms with van der Waals surface area (Å²) in [4.78, 5) is 14.7. The minimum atomic E-state index is 0.146. The maximum absolute atomic E-state index is 12.7. The number of benzene rings is 1. The van der Waals surface area contributed by atoms with E-state index in [0.29, 0.717) is 13.0 Å². The number of nitrogens with zero attached hydrogens (tertiary/aromatic N) is 1. The minimum absolute atomic E-state index is 0.146. The number of methoxy groups -OCH3 is 1. The number of morpholine rings is 1. The number of amides is 1. The molecule has 2 saturated heterocycles. The molecular formula is C17H24N2O3. The first-order valence-electron chi connectivity index (χ1n) is 8.02. The van der Waals surface area contributed by atoms with E-state index in [0.717, 1.165) is 43.9 Å². The third-order valence-electron chi connectivity index (χ3n) is 4.47. The van der Waals surface area contributed by atoms with Crippen LogP contribution in [0.15, 0.2) is 24.3 Å². The Bertz CT molecular complexity index is 514. The molecule has 1 amide bonds. The van der Waals surface area contributed by atoms with Crippen molar-refractivity contribution >= 4 is 5.91 Å². The summed E-state index contributed by atoms with van der Waals surface area (Å²) < 4.78 is 10.7. The molecule has 120 valence electrons. The lowest BCUT2D eigenvalue weighted by molar-refractivity contribution is -0.133. The summed E-state index contributed by atoms with van der Waals surface area (Å²) in [5.74, 6) is 1.06. The van der Waals surface area contributed by atoms with Crippen LogP contribution in [0.25, 0.3) is 0 Å². The maximum atomic E-state index is 12.7. The van der Waals surface area contributed by atoms with Gasteiger partial charge < -0.3 is 19.7 Å². The van der Waals surface area contributed by atoms with Crippen LogP contribution in [0.4, 0.5) is 0 Å². The second kappa shape index (κ2) is 7.11. The second-order valence-corrected chi connectivity index (χ2v) is 5.95. The van der Waals surface area contributed by atoms with E-state index in [9.17, 15) is 4.79 Å². The molecule has 2 heterocycles. The molecule has 0 saturated carbocycles. The fraction of sp³-hybridized carbons (Fsp3) is 0.588. The molecule has 5 heteroatoms. The van der Waals surface area contributed by atoms with E-state index in [1.165, 1.54) is 0 Å². The molecular weight excluding hydrogens is 280 g/mol. The molecule has 2 unspecified atom stereocenters. The van der Waals surface area contributed by atoms with Gasteiger partial charge in [0.1, 0.15) is 5.75 Å². The summed E-state index contributed by atoms with van der Waals surface area (Å²) >= 11 is 0. The van der Waals surface area contributed by atoms with Gasteiger partial charge in [-0.05, 0) is 30.5 Å². The normalized spacial score (nSPS) is 25.2. The predicted octanol–water partition coefficient (Wildman–Crippen LogP) is 1.74. The third kappa shape index (κ3) is 3.42. The Labute approximate surface area is 131 Å². The van der Waals surface area contributed by atoms with Crippen molar-refractivity contribution in [2.75, 3.05) is 33.4 Å². The largest absolute Gasteiger partial charge is 0.497 e. The van der Waals surface area contributed by atoms with Crippen molar-refractivity contribution in [3.8, 4) is 5.75 Å². The summed E-state index contributed by atoms with van der Waals surface area (Å²) in [5, 5.41) is 3.35. The van der Waals surface area contributed by atoms with Gasteiger partial charge in [-0.2, -0.15) is 0 Å². The van der Waals surface area contributed by atoms with Gasteiger partial charge in [0.15, 0.2) is 0 Å². The number of carbonyl (C=O) groups excluding carboxylic acids is 1. The van der Waals surface area contributed by atoms with E-state index in [4.69, 9.17) is 9.47 Å². The van der Waals surface area contributed by atoms with Gasteiger partial charge in [0.2, 0.25) is 5.91 Å². The summed E-state index contributed by atoms with van der Waals surface area (Å²) in [5.41, 5.74) is 1.16. The molecule has 2 fully saturated rings. The van der Waals surface area contributed by atoms with E-state index in [1.807, 2.05) is 23.1 Å². The molecule has 0 radical (unpaired) electrons. The highest BCUT2D eigenvalue weighted by atomic mass is 16.5. The van der Waals surface area contributed by atoms with Crippen LogP contribution in [-0.4, -0.2) is 50.3 Å². The Hall–Kier alpha value is -1.59. The number of carbonyl (C=O) groups is 1. The zero-order valence-corrected chi connectivity index (χ0v) is 13.1. The predicted molar refractivity (Wildman–Crippen MR) is 83.9 cm³/mol. The monoisotopic (exact) mass is 304 g/mol. The van der Waals surface area contributed by atoms with Gasteiger partial charge in [0, 0.05) is 25.6 Å². The highest BCUT2D eigenvalue weighted by Crippen LogP contribution is 2.34. The number of ether oxygens (including phenoxy) is 2. The standard InChI is InChI=1S/C17H24N2O3/c1-21-15-5-2-4-13(10-15)16-6-3-8-19(16)17(20)11-14-12-22-9-7-18-14/h2,4-5,10,14,16,18H,3,6-9,11-12H2,1H3. The van der Waals surface area contributed by atoms with Crippen molar-refractivity contribution in [1.29, 1.82) is 0 Å². The molecule has 22 heavy (non-hydrogen) atoms. The average Bonchev–Trinajstić information content (AvgIpc) is 3.05. The first kappa shape index (κ1) is 15.3. The van der Waals surface area contributed by atoms with E-state index in [2.05, 4.69) is 11.4 Å². The van der Waals surface area contributed by atoms with Crippen molar-refractivity contribution in [2.24, 2.45) is 0 Å². The van der Waals surface area contributed by atoms with Crippen molar-refractivity contribution in [1.82, 2.24) is 10.2 Å². The van der Waals surface area contributed by atoms with Crippen LogP contribution in [0.3, 0.4) is 0 Å². The van der Waals surface area contributed by atoms with Crippen molar-refractivity contribution < 1.29 is 14.3 Å². The molecule has 0 spiro atoms. The van der Waals surface area contributed by atoms with Gasteiger partial charge in [-0.1, -0.05) is 12.1 Å². The summed E-state index contributed by atoms with van der Waals surface area (Å²) in [6.45, 7) is 3.04. The SMILES string of the molecule is COc1cccc(C2CCCN2C(=O)CC2COCCN2)c1. The molecule has 0 aliphatic carbocycles. The Morgan fingerprint density at radius 2 is 2.41 bits per heavy atom.